The summed E-state index contributed by atoms with van der Waals surface area (Å²) in [5, 5.41) is 0. The minimum atomic E-state index is -0.317. The van der Waals surface area contributed by atoms with E-state index < -0.39 is 0 Å². The van der Waals surface area contributed by atoms with Gasteiger partial charge in [0, 0.05) is 12.2 Å². The summed E-state index contributed by atoms with van der Waals surface area (Å²) in [5.74, 6) is 0.298. The minimum absolute atomic E-state index is 0.0894. The molecular formula is C12H20O3. The van der Waals surface area contributed by atoms with Gasteiger partial charge in [0.2, 0.25) is 0 Å². The Morgan fingerprint density at radius 1 is 1.60 bits per heavy atom. The van der Waals surface area contributed by atoms with Crippen LogP contribution in [0.15, 0.2) is 11.8 Å². The van der Waals surface area contributed by atoms with E-state index in [0.29, 0.717) is 6.61 Å². The Bertz CT molecular complexity index is 243. The average Bonchev–Trinajstić information content (AvgIpc) is 2.26. The number of hydrogen-bond donors (Lipinski definition) is 0. The van der Waals surface area contributed by atoms with Crippen molar-refractivity contribution in [2.45, 2.75) is 39.7 Å². The van der Waals surface area contributed by atoms with Gasteiger partial charge < -0.3 is 9.47 Å². The molecule has 1 aliphatic rings. The predicted octanol–water partition coefficient (Wildman–Crippen LogP) is 2.31. The summed E-state index contributed by atoms with van der Waals surface area (Å²) in [5.41, 5.74) is 0.772. The van der Waals surface area contributed by atoms with Crippen molar-refractivity contribution in [1.29, 1.82) is 0 Å². The molecule has 1 aliphatic heterocycles. The van der Waals surface area contributed by atoms with Crippen LogP contribution in [0.2, 0.25) is 0 Å². The first-order valence-corrected chi connectivity index (χ1v) is 5.63. The maximum atomic E-state index is 12.1. The second-order valence-electron chi connectivity index (χ2n) is 4.10. The zero-order chi connectivity index (χ0) is 11.3. The third-order valence-corrected chi connectivity index (χ3v) is 2.46. The Morgan fingerprint density at radius 2 is 2.33 bits per heavy atom. The van der Waals surface area contributed by atoms with E-state index in [1.165, 1.54) is 0 Å². The molecule has 1 unspecified atom stereocenters. The third-order valence-electron chi connectivity index (χ3n) is 2.46. The SMILES string of the molecule is CCOC(C(=O)C1=COCCC1)C(C)C. The number of hydrogen-bond acceptors (Lipinski definition) is 3. The van der Waals surface area contributed by atoms with E-state index in [1.807, 2.05) is 20.8 Å². The molecule has 1 atom stereocenters. The predicted molar refractivity (Wildman–Crippen MR) is 58.5 cm³/mol. The normalized spacial score (nSPS) is 18.3. The van der Waals surface area contributed by atoms with Gasteiger partial charge in [-0.15, -0.1) is 0 Å². The molecule has 15 heavy (non-hydrogen) atoms. The zero-order valence-corrected chi connectivity index (χ0v) is 9.79. The molecule has 0 radical (unpaired) electrons. The van der Waals surface area contributed by atoms with E-state index in [2.05, 4.69) is 0 Å². The molecule has 0 N–H and O–H groups in total. The fourth-order valence-electron chi connectivity index (χ4n) is 1.68. The molecule has 1 rings (SSSR count). The maximum Gasteiger partial charge on any atom is 0.190 e. The van der Waals surface area contributed by atoms with Crippen LogP contribution in [0.1, 0.15) is 33.6 Å². The van der Waals surface area contributed by atoms with Crippen molar-refractivity contribution in [1.82, 2.24) is 0 Å². The first-order valence-electron chi connectivity index (χ1n) is 5.63. The molecule has 0 aliphatic carbocycles. The molecular weight excluding hydrogens is 192 g/mol. The van der Waals surface area contributed by atoms with Gasteiger partial charge in [0.25, 0.3) is 0 Å². The quantitative estimate of drug-likeness (QED) is 0.701. The monoisotopic (exact) mass is 212 g/mol. The first-order chi connectivity index (χ1) is 7.16. The third kappa shape index (κ3) is 3.34. The number of carbonyl (C=O) groups excluding carboxylic acids is 1. The van der Waals surface area contributed by atoms with Gasteiger partial charge in [-0.05, 0) is 25.7 Å². The largest absolute Gasteiger partial charge is 0.501 e. The van der Waals surface area contributed by atoms with Crippen LogP contribution in [0.25, 0.3) is 0 Å². The van der Waals surface area contributed by atoms with E-state index in [9.17, 15) is 4.79 Å². The molecule has 0 spiro atoms. The second-order valence-corrected chi connectivity index (χ2v) is 4.10. The van der Waals surface area contributed by atoms with Crippen molar-refractivity contribution in [3.63, 3.8) is 0 Å². The van der Waals surface area contributed by atoms with E-state index >= 15 is 0 Å². The van der Waals surface area contributed by atoms with E-state index in [4.69, 9.17) is 9.47 Å². The maximum absolute atomic E-state index is 12.1. The lowest BCUT2D eigenvalue weighted by atomic mass is 9.95. The van der Waals surface area contributed by atoms with Gasteiger partial charge >= 0.3 is 0 Å². The summed E-state index contributed by atoms with van der Waals surface area (Å²) in [6.07, 6.45) is 3.02. The molecule has 3 nitrogen and oxygen atoms in total. The average molecular weight is 212 g/mol. The first kappa shape index (κ1) is 12.2. The summed E-state index contributed by atoms with van der Waals surface area (Å²) in [4.78, 5) is 12.1. The Morgan fingerprint density at radius 3 is 2.80 bits per heavy atom. The number of Topliss-reactive ketones (excluding diaryl/α,β-unsaturated/α-hetero) is 1. The van der Waals surface area contributed by atoms with Crippen LogP contribution in [0.4, 0.5) is 0 Å². The smallest absolute Gasteiger partial charge is 0.190 e. The molecule has 0 aromatic carbocycles. The Labute approximate surface area is 91.4 Å². The molecule has 0 aromatic rings. The molecule has 0 saturated carbocycles. The van der Waals surface area contributed by atoms with Crippen LogP contribution < -0.4 is 0 Å². The molecule has 0 bridgehead atoms. The highest BCUT2D eigenvalue weighted by molar-refractivity contribution is 5.98. The number of rotatable bonds is 5. The van der Waals surface area contributed by atoms with Crippen molar-refractivity contribution in [3.8, 4) is 0 Å². The minimum Gasteiger partial charge on any atom is -0.501 e. The fraction of sp³-hybridized carbons (Fsp3) is 0.750. The fourth-order valence-corrected chi connectivity index (χ4v) is 1.68. The van der Waals surface area contributed by atoms with Gasteiger partial charge in [-0.2, -0.15) is 0 Å². The highest BCUT2D eigenvalue weighted by Crippen LogP contribution is 2.19. The lowest BCUT2D eigenvalue weighted by Crippen LogP contribution is -2.31. The number of ketones is 1. The summed E-state index contributed by atoms with van der Waals surface area (Å²) >= 11 is 0. The zero-order valence-electron chi connectivity index (χ0n) is 9.79. The highest BCUT2D eigenvalue weighted by Gasteiger charge is 2.26. The van der Waals surface area contributed by atoms with Crippen LogP contribution in [0, 0.1) is 5.92 Å². The Hall–Kier alpha value is -0.830. The topological polar surface area (TPSA) is 35.5 Å². The van der Waals surface area contributed by atoms with E-state index in [1.54, 1.807) is 6.26 Å². The van der Waals surface area contributed by atoms with Crippen molar-refractivity contribution in [2.24, 2.45) is 5.92 Å². The lowest BCUT2D eigenvalue weighted by Gasteiger charge is -2.22. The van der Waals surface area contributed by atoms with Crippen molar-refractivity contribution in [2.75, 3.05) is 13.2 Å². The van der Waals surface area contributed by atoms with Gasteiger partial charge in [-0.25, -0.2) is 0 Å². The molecule has 0 amide bonds. The Kier molecular flexibility index (Phi) is 4.82. The summed E-state index contributed by atoms with van der Waals surface area (Å²) < 4.78 is 10.6. The lowest BCUT2D eigenvalue weighted by molar-refractivity contribution is -0.129. The summed E-state index contributed by atoms with van der Waals surface area (Å²) in [6, 6.07) is 0. The molecule has 0 saturated heterocycles. The van der Waals surface area contributed by atoms with Gasteiger partial charge in [0.15, 0.2) is 5.78 Å². The van der Waals surface area contributed by atoms with Crippen LogP contribution in [-0.4, -0.2) is 25.1 Å². The van der Waals surface area contributed by atoms with Crippen LogP contribution in [0.5, 0.6) is 0 Å². The van der Waals surface area contributed by atoms with E-state index in [-0.39, 0.29) is 17.8 Å². The molecule has 86 valence electrons. The van der Waals surface area contributed by atoms with Crippen molar-refractivity contribution < 1.29 is 14.3 Å². The molecule has 0 aromatic heterocycles. The summed E-state index contributed by atoms with van der Waals surface area (Å²) in [7, 11) is 0. The second kappa shape index (κ2) is 5.91. The molecule has 1 heterocycles. The summed E-state index contributed by atoms with van der Waals surface area (Å²) in [6.45, 7) is 7.21. The molecule has 3 heteroatoms. The van der Waals surface area contributed by atoms with Gasteiger partial charge in [0.05, 0.1) is 12.9 Å². The Balaban J connectivity index is 2.66. The van der Waals surface area contributed by atoms with Gasteiger partial charge in [-0.3, -0.25) is 4.79 Å². The van der Waals surface area contributed by atoms with Crippen LogP contribution in [0.3, 0.4) is 0 Å². The van der Waals surface area contributed by atoms with Crippen molar-refractivity contribution >= 4 is 5.78 Å². The number of ether oxygens (including phenoxy) is 2. The molecule has 0 fully saturated rings. The standard InChI is InChI=1S/C12H20O3/c1-4-15-12(9(2)3)11(13)10-6-5-7-14-8-10/h8-9,12H,4-7H2,1-3H3. The number of carbonyl (C=O) groups is 1. The van der Waals surface area contributed by atoms with Crippen LogP contribution in [-0.2, 0) is 14.3 Å². The van der Waals surface area contributed by atoms with Crippen LogP contribution >= 0.6 is 0 Å². The van der Waals surface area contributed by atoms with Crippen molar-refractivity contribution in [3.05, 3.63) is 11.8 Å². The van der Waals surface area contributed by atoms with Gasteiger partial charge in [-0.1, -0.05) is 13.8 Å². The van der Waals surface area contributed by atoms with E-state index in [0.717, 1.165) is 25.0 Å². The highest BCUT2D eigenvalue weighted by atomic mass is 16.5. The van der Waals surface area contributed by atoms with Gasteiger partial charge in [0.1, 0.15) is 6.10 Å².